The summed E-state index contributed by atoms with van der Waals surface area (Å²) in [4.78, 5) is 9.42. The number of allylic oxidation sites excluding steroid dienone is 2. The Morgan fingerprint density at radius 1 is 0.781 bits per heavy atom. The van der Waals surface area contributed by atoms with Crippen molar-refractivity contribution in [1.29, 1.82) is 0 Å². The van der Waals surface area contributed by atoms with Gasteiger partial charge < -0.3 is 4.57 Å². The van der Waals surface area contributed by atoms with Crippen molar-refractivity contribution in [3.63, 3.8) is 0 Å². The Morgan fingerprint density at radius 2 is 1.38 bits per heavy atom. The monoisotopic (exact) mass is 413 g/mol. The minimum absolute atomic E-state index is 0.848. The van der Waals surface area contributed by atoms with Gasteiger partial charge in [-0.25, -0.2) is 0 Å². The molecule has 3 aromatic carbocycles. The second-order valence-electron chi connectivity index (χ2n) is 7.67. The molecule has 0 atom stereocenters. The molecule has 0 aliphatic rings. The van der Waals surface area contributed by atoms with E-state index in [9.17, 15) is 0 Å². The number of hydrogen-bond donors (Lipinski definition) is 0. The highest BCUT2D eigenvalue weighted by Crippen LogP contribution is 2.32. The van der Waals surface area contributed by atoms with E-state index < -0.39 is 0 Å². The molecule has 0 aliphatic heterocycles. The number of hydrogen-bond acceptors (Lipinski definition) is 2. The van der Waals surface area contributed by atoms with Gasteiger partial charge in [0, 0.05) is 28.2 Å². The van der Waals surface area contributed by atoms with Crippen molar-refractivity contribution in [2.24, 2.45) is 4.99 Å². The van der Waals surface area contributed by atoms with Crippen LogP contribution in [-0.4, -0.2) is 15.3 Å². The van der Waals surface area contributed by atoms with E-state index in [1.165, 1.54) is 10.8 Å². The summed E-state index contributed by atoms with van der Waals surface area (Å²) < 4.78 is 2.21. The van der Waals surface area contributed by atoms with Gasteiger partial charge in [0.15, 0.2) is 0 Å². The van der Waals surface area contributed by atoms with Crippen LogP contribution in [-0.2, 0) is 0 Å². The summed E-state index contributed by atoms with van der Waals surface area (Å²) in [6.45, 7) is 6.43. The Kier molecular flexibility index (Phi) is 5.22. The molecule has 0 saturated heterocycles. The van der Waals surface area contributed by atoms with Crippen molar-refractivity contribution in [2.45, 2.75) is 6.92 Å². The van der Waals surface area contributed by atoms with Crippen LogP contribution in [0.4, 0.5) is 0 Å². The van der Waals surface area contributed by atoms with Crippen molar-refractivity contribution in [1.82, 2.24) is 9.55 Å². The Bertz CT molecular complexity index is 1420. The van der Waals surface area contributed by atoms with Crippen LogP contribution in [0.1, 0.15) is 18.2 Å². The summed E-state index contributed by atoms with van der Waals surface area (Å²) in [5.74, 6) is 0. The third-order valence-electron chi connectivity index (χ3n) is 5.56. The summed E-state index contributed by atoms with van der Waals surface area (Å²) in [5.41, 5.74) is 6.72. The number of aromatic nitrogens is 2. The van der Waals surface area contributed by atoms with Crippen LogP contribution < -0.4 is 0 Å². The summed E-state index contributed by atoms with van der Waals surface area (Å²) >= 11 is 0. The molecule has 2 heterocycles. The first-order valence-corrected chi connectivity index (χ1v) is 10.6. The van der Waals surface area contributed by atoms with Gasteiger partial charge in [-0.2, -0.15) is 0 Å². The molecular weight excluding hydrogens is 390 g/mol. The number of rotatable bonds is 5. The van der Waals surface area contributed by atoms with Gasteiger partial charge in [0.25, 0.3) is 0 Å². The summed E-state index contributed by atoms with van der Waals surface area (Å²) in [5, 5.41) is 2.43. The van der Waals surface area contributed by atoms with Crippen LogP contribution >= 0.6 is 0 Å². The van der Waals surface area contributed by atoms with Crippen molar-refractivity contribution < 1.29 is 0 Å². The minimum Gasteiger partial charge on any atom is -0.310 e. The molecule has 5 aromatic rings. The third kappa shape index (κ3) is 3.65. The largest absolute Gasteiger partial charge is 0.310 e. The molecule has 0 N–H and O–H groups in total. The van der Waals surface area contributed by atoms with E-state index in [-0.39, 0.29) is 0 Å². The maximum absolute atomic E-state index is 4.97. The minimum atomic E-state index is 0.848. The maximum Gasteiger partial charge on any atom is 0.0841 e. The molecule has 154 valence electrons. The van der Waals surface area contributed by atoms with Gasteiger partial charge in [-0.1, -0.05) is 79.4 Å². The fraction of sp³-hybridized carbons (Fsp3) is 0.0345. The first-order valence-electron chi connectivity index (χ1n) is 10.6. The van der Waals surface area contributed by atoms with E-state index in [1.807, 2.05) is 43.3 Å². The van der Waals surface area contributed by atoms with Crippen LogP contribution in [0.15, 0.2) is 121 Å². The lowest BCUT2D eigenvalue weighted by Gasteiger charge is -2.10. The number of pyridine rings is 1. The molecule has 5 rings (SSSR count). The predicted octanol–water partition coefficient (Wildman–Crippen LogP) is 7.21. The average molecular weight is 414 g/mol. The SMILES string of the molecule is C=C(/C=C(\N=C(C)c1ccccn1)c1ccccc1)n1c2ccccc2c2ccccc21. The van der Waals surface area contributed by atoms with Gasteiger partial charge in [0.2, 0.25) is 0 Å². The van der Waals surface area contributed by atoms with Crippen molar-refractivity contribution in [3.05, 3.63) is 127 Å². The molecule has 0 fully saturated rings. The molecule has 0 spiro atoms. The number of benzene rings is 3. The van der Waals surface area contributed by atoms with Crippen LogP contribution in [0.5, 0.6) is 0 Å². The molecule has 0 aliphatic carbocycles. The fourth-order valence-electron chi connectivity index (χ4n) is 4.06. The quantitative estimate of drug-likeness (QED) is 0.221. The Balaban J connectivity index is 1.68. The molecule has 0 radical (unpaired) electrons. The maximum atomic E-state index is 4.97. The van der Waals surface area contributed by atoms with E-state index in [4.69, 9.17) is 4.99 Å². The Labute approximate surface area is 187 Å². The van der Waals surface area contributed by atoms with Gasteiger partial charge in [0.1, 0.15) is 0 Å². The zero-order valence-corrected chi connectivity index (χ0v) is 17.9. The van der Waals surface area contributed by atoms with E-state index in [0.29, 0.717) is 0 Å². The van der Waals surface area contributed by atoms with E-state index in [1.54, 1.807) is 6.20 Å². The number of aliphatic imine (C=N–C) groups is 1. The van der Waals surface area contributed by atoms with Crippen molar-refractivity contribution in [2.75, 3.05) is 0 Å². The molecular formula is C29H23N3. The smallest absolute Gasteiger partial charge is 0.0841 e. The molecule has 0 bridgehead atoms. The summed E-state index contributed by atoms with van der Waals surface area (Å²) in [6.07, 6.45) is 3.85. The molecule has 3 nitrogen and oxygen atoms in total. The Hall–Kier alpha value is -4.24. The molecule has 2 aromatic heterocycles. The zero-order valence-electron chi connectivity index (χ0n) is 17.9. The predicted molar refractivity (Wildman–Crippen MR) is 136 cm³/mol. The van der Waals surface area contributed by atoms with E-state index in [0.717, 1.165) is 39.4 Å². The van der Waals surface area contributed by atoms with Crippen LogP contribution in [0.2, 0.25) is 0 Å². The lowest BCUT2D eigenvalue weighted by Crippen LogP contribution is -1.99. The highest BCUT2D eigenvalue weighted by atomic mass is 15.0. The topological polar surface area (TPSA) is 30.2 Å². The first-order chi connectivity index (χ1) is 15.7. The highest BCUT2D eigenvalue weighted by Gasteiger charge is 2.12. The first kappa shape index (κ1) is 19.7. The van der Waals surface area contributed by atoms with Crippen molar-refractivity contribution >= 4 is 38.9 Å². The lowest BCUT2D eigenvalue weighted by molar-refractivity contribution is 1.24. The van der Waals surface area contributed by atoms with Gasteiger partial charge in [-0.15, -0.1) is 0 Å². The number of nitrogens with zero attached hydrogens (tertiary/aromatic N) is 3. The highest BCUT2D eigenvalue weighted by molar-refractivity contribution is 6.10. The van der Waals surface area contributed by atoms with Crippen LogP contribution in [0.25, 0.3) is 33.2 Å². The normalized spacial score (nSPS) is 12.4. The summed E-state index contributed by atoms with van der Waals surface area (Å²) in [6, 6.07) is 32.9. The van der Waals surface area contributed by atoms with Gasteiger partial charge in [0.05, 0.1) is 28.1 Å². The van der Waals surface area contributed by atoms with Crippen LogP contribution in [0.3, 0.4) is 0 Å². The summed E-state index contributed by atoms with van der Waals surface area (Å²) in [7, 11) is 0. The standard InChI is InChI=1S/C29H23N3/c1-21(32-28-17-8-6-14-24(28)25-15-7-9-18-29(25)32)20-27(23-12-4-3-5-13-23)31-22(2)26-16-10-11-19-30-26/h3-20H,1H2,2H3/b27-20-,31-22?. The molecule has 3 heteroatoms. The third-order valence-corrected chi connectivity index (χ3v) is 5.56. The molecule has 0 amide bonds. The van der Waals surface area contributed by atoms with Gasteiger partial charge in [-0.05, 0) is 37.3 Å². The zero-order chi connectivity index (χ0) is 21.9. The number of fused-ring (bicyclic) bond motifs is 3. The van der Waals surface area contributed by atoms with E-state index in [2.05, 4.69) is 82.9 Å². The van der Waals surface area contributed by atoms with Crippen LogP contribution in [0, 0.1) is 0 Å². The fourth-order valence-corrected chi connectivity index (χ4v) is 4.06. The second kappa shape index (κ2) is 8.48. The lowest BCUT2D eigenvalue weighted by atomic mass is 10.1. The molecule has 0 unspecified atom stereocenters. The van der Waals surface area contributed by atoms with Crippen molar-refractivity contribution in [3.8, 4) is 0 Å². The molecule has 0 saturated carbocycles. The number of para-hydroxylation sites is 2. The second-order valence-corrected chi connectivity index (χ2v) is 7.67. The molecule has 32 heavy (non-hydrogen) atoms. The average Bonchev–Trinajstić information content (AvgIpc) is 3.19. The van der Waals surface area contributed by atoms with Gasteiger partial charge >= 0.3 is 0 Å². The Morgan fingerprint density at radius 3 is 2.00 bits per heavy atom. The van der Waals surface area contributed by atoms with Gasteiger partial charge in [-0.3, -0.25) is 9.98 Å². The van der Waals surface area contributed by atoms with E-state index >= 15 is 0 Å².